The summed E-state index contributed by atoms with van der Waals surface area (Å²) in [6, 6.07) is 0.813. The molecule has 2 unspecified atom stereocenters. The number of aromatic nitrogens is 2. The molecule has 2 aliphatic carbocycles. The Hall–Kier alpha value is -2.03. The Balaban J connectivity index is 1.73. The van der Waals surface area contributed by atoms with E-state index >= 15 is 0 Å². The first kappa shape index (κ1) is 18.8. The van der Waals surface area contributed by atoms with Crippen molar-refractivity contribution in [1.82, 2.24) is 14.7 Å². The van der Waals surface area contributed by atoms with E-state index in [0.29, 0.717) is 24.2 Å². The number of carbonyl (C=O) groups is 2. The van der Waals surface area contributed by atoms with E-state index < -0.39 is 21.5 Å². The van der Waals surface area contributed by atoms with Gasteiger partial charge in [0.2, 0.25) is 16.0 Å². The Bertz CT molecular complexity index is 860. The third-order valence-electron chi connectivity index (χ3n) is 6.03. The van der Waals surface area contributed by atoms with Gasteiger partial charge in [-0.15, -0.1) is 0 Å². The molecule has 3 rings (SSSR count). The predicted octanol–water partition coefficient (Wildman–Crippen LogP) is 1.94. The number of urea groups is 1. The van der Waals surface area contributed by atoms with E-state index in [2.05, 4.69) is 15.3 Å². The highest BCUT2D eigenvalue weighted by atomic mass is 32.2. The molecule has 142 valence electrons. The van der Waals surface area contributed by atoms with Gasteiger partial charge in [0, 0.05) is 17.8 Å². The molecule has 0 aromatic carbocycles. The van der Waals surface area contributed by atoms with Crippen LogP contribution in [-0.4, -0.2) is 36.0 Å². The zero-order valence-electron chi connectivity index (χ0n) is 15.4. The van der Waals surface area contributed by atoms with Gasteiger partial charge in [-0.3, -0.25) is 10.1 Å². The summed E-state index contributed by atoms with van der Waals surface area (Å²) in [5, 5.41) is 2.34. The van der Waals surface area contributed by atoms with Gasteiger partial charge < -0.3 is 0 Å². The van der Waals surface area contributed by atoms with E-state index in [-0.39, 0.29) is 28.8 Å². The maximum atomic E-state index is 12.6. The average Bonchev–Trinajstić information content (AvgIpc) is 2.78. The van der Waals surface area contributed by atoms with Crippen molar-refractivity contribution in [2.45, 2.75) is 47.0 Å². The summed E-state index contributed by atoms with van der Waals surface area (Å²) < 4.78 is 27.1. The van der Waals surface area contributed by atoms with Crippen LogP contribution in [0.1, 0.15) is 44.5 Å². The topological polar surface area (TPSA) is 118 Å². The van der Waals surface area contributed by atoms with Gasteiger partial charge in [0.05, 0.1) is 11.2 Å². The van der Waals surface area contributed by atoms with Crippen molar-refractivity contribution in [2.24, 2.45) is 16.7 Å². The lowest BCUT2D eigenvalue weighted by Crippen LogP contribution is -2.47. The molecule has 0 radical (unpaired) electrons. The van der Waals surface area contributed by atoms with Crippen LogP contribution < -0.4 is 10.0 Å². The first-order valence-electron chi connectivity index (χ1n) is 8.62. The Morgan fingerprint density at radius 2 is 1.88 bits per heavy atom. The maximum Gasteiger partial charge on any atom is 0.335 e. The molecular weight excluding hydrogens is 356 g/mol. The number of nitrogens with one attached hydrogen (secondary N) is 2. The maximum absolute atomic E-state index is 12.6. The van der Waals surface area contributed by atoms with Crippen LogP contribution in [0.5, 0.6) is 0 Å². The Kier molecular flexibility index (Phi) is 4.33. The van der Waals surface area contributed by atoms with Crippen LogP contribution in [0.2, 0.25) is 0 Å². The number of amides is 2. The molecule has 0 spiro atoms. The Morgan fingerprint density at radius 3 is 2.38 bits per heavy atom. The number of ketones is 1. The zero-order valence-corrected chi connectivity index (χ0v) is 16.2. The predicted molar refractivity (Wildman–Crippen MR) is 96.0 cm³/mol. The van der Waals surface area contributed by atoms with Gasteiger partial charge >= 0.3 is 6.03 Å². The summed E-state index contributed by atoms with van der Waals surface area (Å²) in [7, 11) is -3.99. The average molecular weight is 380 g/mol. The number of aryl methyl sites for hydroxylation is 2. The number of rotatable bonds is 4. The molecule has 2 saturated carbocycles. The highest BCUT2D eigenvalue weighted by molar-refractivity contribution is 7.90. The number of anilines is 1. The van der Waals surface area contributed by atoms with Crippen molar-refractivity contribution in [3.63, 3.8) is 0 Å². The minimum absolute atomic E-state index is 0.0119. The van der Waals surface area contributed by atoms with Gasteiger partial charge in [0.15, 0.2) is 0 Å². The molecule has 2 amide bonds. The van der Waals surface area contributed by atoms with Crippen molar-refractivity contribution in [3.05, 3.63) is 17.5 Å². The summed E-state index contributed by atoms with van der Waals surface area (Å²) in [5.41, 5.74) is 0.0152. The fourth-order valence-corrected chi connectivity index (χ4v) is 6.25. The summed E-state index contributed by atoms with van der Waals surface area (Å²) >= 11 is 0. The van der Waals surface area contributed by atoms with Crippen molar-refractivity contribution in [1.29, 1.82) is 0 Å². The number of hydrogen-bond acceptors (Lipinski definition) is 6. The van der Waals surface area contributed by atoms with Crippen LogP contribution in [0.3, 0.4) is 0 Å². The van der Waals surface area contributed by atoms with Gasteiger partial charge in [-0.2, -0.15) is 0 Å². The molecule has 1 aromatic heterocycles. The number of hydrogen-bond donors (Lipinski definition) is 2. The third kappa shape index (κ3) is 3.08. The smallest absolute Gasteiger partial charge is 0.299 e. The van der Waals surface area contributed by atoms with Gasteiger partial charge in [0.25, 0.3) is 0 Å². The quantitative estimate of drug-likeness (QED) is 0.824. The van der Waals surface area contributed by atoms with Crippen LogP contribution in [0, 0.1) is 30.6 Å². The molecule has 8 nitrogen and oxygen atoms in total. The number of carbonyl (C=O) groups excluding carboxylic acids is 2. The van der Waals surface area contributed by atoms with Crippen molar-refractivity contribution < 1.29 is 18.0 Å². The molecule has 2 N–H and O–H groups in total. The molecule has 0 aliphatic heterocycles. The van der Waals surface area contributed by atoms with Crippen LogP contribution >= 0.6 is 0 Å². The Labute approximate surface area is 153 Å². The summed E-state index contributed by atoms with van der Waals surface area (Å²) in [4.78, 5) is 32.7. The molecule has 1 aromatic rings. The van der Waals surface area contributed by atoms with Crippen molar-refractivity contribution >= 4 is 27.8 Å². The number of sulfonamides is 1. The van der Waals surface area contributed by atoms with Crippen molar-refractivity contribution in [2.75, 3.05) is 11.1 Å². The SMILES string of the molecule is Cc1cc(C)nc(NC(=O)NS(=O)(=O)CC23CCC(CC2=O)C3(C)C)n1. The molecule has 26 heavy (non-hydrogen) atoms. The number of nitrogens with zero attached hydrogens (tertiary/aromatic N) is 2. The molecule has 1 heterocycles. The molecular formula is C17H24N4O4S. The largest absolute Gasteiger partial charge is 0.335 e. The molecule has 2 bridgehead atoms. The van der Waals surface area contributed by atoms with Gasteiger partial charge in [-0.25, -0.2) is 27.9 Å². The fraction of sp³-hybridized carbons (Fsp3) is 0.647. The van der Waals surface area contributed by atoms with Gasteiger partial charge in [0.1, 0.15) is 5.78 Å². The fourth-order valence-electron chi connectivity index (χ4n) is 4.52. The zero-order chi connectivity index (χ0) is 19.3. The molecule has 2 atom stereocenters. The lowest BCUT2D eigenvalue weighted by atomic mass is 9.70. The number of Topliss-reactive ketones (excluding diaryl/α,β-unsaturated/α-hetero) is 1. The summed E-state index contributed by atoms with van der Waals surface area (Å²) in [5.74, 6) is -0.139. The molecule has 2 aliphatic rings. The first-order chi connectivity index (χ1) is 11.9. The molecule has 0 saturated heterocycles. The summed E-state index contributed by atoms with van der Waals surface area (Å²) in [6.45, 7) is 7.40. The minimum atomic E-state index is -3.99. The van der Waals surface area contributed by atoms with E-state index in [9.17, 15) is 18.0 Å². The number of fused-ring (bicyclic) bond motifs is 2. The molecule has 9 heteroatoms. The lowest BCUT2D eigenvalue weighted by Gasteiger charge is -2.35. The van der Waals surface area contributed by atoms with Gasteiger partial charge in [-0.05, 0) is 44.1 Å². The van der Waals surface area contributed by atoms with Gasteiger partial charge in [-0.1, -0.05) is 13.8 Å². The highest BCUT2D eigenvalue weighted by Crippen LogP contribution is 2.64. The summed E-state index contributed by atoms with van der Waals surface area (Å²) in [6.07, 6.45) is 1.81. The monoisotopic (exact) mass is 380 g/mol. The van der Waals surface area contributed by atoms with Crippen LogP contribution in [0.15, 0.2) is 6.07 Å². The standard InChI is InChI=1S/C17H24N4O4S/c1-10-7-11(2)19-14(18-10)20-15(23)21-26(24,25)9-17-6-5-12(8-13(17)22)16(17,3)4/h7,12H,5-6,8-9H2,1-4H3,(H2,18,19,20,21,23). The van der Waals surface area contributed by atoms with E-state index in [1.54, 1.807) is 19.9 Å². The van der Waals surface area contributed by atoms with Crippen LogP contribution in [-0.2, 0) is 14.8 Å². The lowest BCUT2D eigenvalue weighted by molar-refractivity contribution is -0.128. The third-order valence-corrected chi connectivity index (χ3v) is 7.40. The van der Waals surface area contributed by atoms with E-state index in [0.717, 1.165) is 6.42 Å². The van der Waals surface area contributed by atoms with E-state index in [4.69, 9.17) is 0 Å². The second-order valence-corrected chi connectivity index (χ2v) is 9.68. The van der Waals surface area contributed by atoms with E-state index in [1.807, 2.05) is 18.6 Å². The van der Waals surface area contributed by atoms with Crippen LogP contribution in [0.4, 0.5) is 10.7 Å². The highest BCUT2D eigenvalue weighted by Gasteiger charge is 2.65. The first-order valence-corrected chi connectivity index (χ1v) is 10.3. The minimum Gasteiger partial charge on any atom is -0.299 e. The Morgan fingerprint density at radius 1 is 1.27 bits per heavy atom. The van der Waals surface area contributed by atoms with Crippen molar-refractivity contribution in [3.8, 4) is 0 Å². The normalized spacial score (nSPS) is 26.8. The molecule has 2 fully saturated rings. The second kappa shape index (κ2) is 6.00. The van der Waals surface area contributed by atoms with E-state index in [1.165, 1.54) is 0 Å². The van der Waals surface area contributed by atoms with Crippen LogP contribution in [0.25, 0.3) is 0 Å². The second-order valence-electron chi connectivity index (χ2n) is 7.96.